The molecule has 12 nitrogen and oxygen atoms in total. The molecule has 0 saturated carbocycles. The zero-order valence-corrected chi connectivity index (χ0v) is 22.9. The van der Waals surface area contributed by atoms with E-state index < -0.39 is 19.8 Å². The van der Waals surface area contributed by atoms with Gasteiger partial charge in [-0.1, -0.05) is 24.3 Å². The van der Waals surface area contributed by atoms with Crippen LogP contribution >= 0.6 is 7.75 Å². The Labute approximate surface area is 221 Å². The molecule has 1 aliphatic rings. The van der Waals surface area contributed by atoms with Gasteiger partial charge < -0.3 is 24.3 Å². The first-order valence-electron chi connectivity index (χ1n) is 12.3. The van der Waals surface area contributed by atoms with E-state index in [0.29, 0.717) is 29.2 Å². The van der Waals surface area contributed by atoms with Crippen LogP contribution in [0.15, 0.2) is 42.7 Å². The summed E-state index contributed by atoms with van der Waals surface area (Å²) in [4.78, 5) is 25.2. The number of nitrogens with zero attached hydrogens (tertiary/aromatic N) is 4. The van der Waals surface area contributed by atoms with Crippen molar-refractivity contribution < 1.29 is 27.9 Å². The third-order valence-corrected chi connectivity index (χ3v) is 7.48. The summed E-state index contributed by atoms with van der Waals surface area (Å²) >= 11 is 0. The summed E-state index contributed by atoms with van der Waals surface area (Å²) in [5.41, 5.74) is 7.84. The van der Waals surface area contributed by atoms with E-state index in [9.17, 15) is 9.36 Å². The molecular weight excluding hydrogens is 511 g/mol. The third kappa shape index (κ3) is 6.50. The minimum Gasteiger partial charge on any atom is -0.479 e. The number of fused-ring (bicyclic) bond motifs is 1. The van der Waals surface area contributed by atoms with E-state index in [4.69, 9.17) is 24.3 Å². The van der Waals surface area contributed by atoms with Crippen molar-refractivity contribution in [3.8, 4) is 11.6 Å². The lowest BCUT2D eigenvalue weighted by Crippen LogP contribution is -2.36. The number of anilines is 1. The summed E-state index contributed by atoms with van der Waals surface area (Å²) < 4.78 is 37.9. The van der Waals surface area contributed by atoms with Crippen LogP contribution in [0.4, 0.5) is 5.95 Å². The fourth-order valence-electron chi connectivity index (χ4n) is 4.09. The van der Waals surface area contributed by atoms with Crippen molar-refractivity contribution in [3.05, 3.63) is 48.3 Å². The highest BCUT2D eigenvalue weighted by atomic mass is 31.2. The van der Waals surface area contributed by atoms with Crippen molar-refractivity contribution in [2.24, 2.45) is 5.92 Å². The Morgan fingerprint density at radius 2 is 2.05 bits per heavy atom. The second kappa shape index (κ2) is 11.5. The number of carbonyl (C=O) groups is 1. The van der Waals surface area contributed by atoms with Crippen molar-refractivity contribution in [2.75, 3.05) is 19.5 Å². The first kappa shape index (κ1) is 27.6. The van der Waals surface area contributed by atoms with Crippen LogP contribution in [0.1, 0.15) is 38.8 Å². The van der Waals surface area contributed by atoms with Crippen LogP contribution in [0.3, 0.4) is 0 Å². The smallest absolute Gasteiger partial charge is 0.459 e. The number of carbonyl (C=O) groups excluding carboxylic acids is 1. The third-order valence-electron chi connectivity index (χ3n) is 5.84. The molecule has 0 amide bonds. The quantitative estimate of drug-likeness (QED) is 0.205. The van der Waals surface area contributed by atoms with Gasteiger partial charge >= 0.3 is 13.7 Å². The average Bonchev–Trinajstić information content (AvgIpc) is 3.48. The Morgan fingerprint density at radius 1 is 1.26 bits per heavy atom. The number of imidazole rings is 1. The number of hydrogen-bond acceptors (Lipinski definition) is 10. The van der Waals surface area contributed by atoms with Gasteiger partial charge in [-0.05, 0) is 51.8 Å². The molecule has 0 fully saturated rings. The maximum Gasteiger partial charge on any atom is 0.459 e. The molecule has 2 aromatic heterocycles. The lowest BCUT2D eigenvalue weighted by atomic mass is 10.1. The molecular formula is C25H33N6O6P. The Bertz CT molecular complexity index is 1380. The highest BCUT2D eigenvalue weighted by Gasteiger charge is 2.34. The summed E-state index contributed by atoms with van der Waals surface area (Å²) in [7, 11) is -2.46. The number of nitrogen functional groups attached to an aromatic ring is 1. The number of aromatic nitrogens is 4. The minimum absolute atomic E-state index is 0.0854. The Balaban J connectivity index is 1.47. The summed E-state index contributed by atoms with van der Waals surface area (Å²) in [6.45, 7) is 7.02. The lowest BCUT2D eigenvalue weighted by molar-refractivity contribution is -0.149. The number of rotatable bonds is 11. The maximum atomic E-state index is 13.8. The van der Waals surface area contributed by atoms with Crippen molar-refractivity contribution in [2.45, 2.75) is 52.3 Å². The standard InChI is InChI=1S/C25H33N6O6P/c1-15(2)36-24(32)17(4)30-38(33,37-20-8-6-7-16(3)11-20)35-13-18-9-10-19(12-18)31-14-27-21-22(31)28-25(26)29-23(21)34-5/h6-11,14-15,17-19H,12-13H2,1-5H3,(H,30,33)(H2,26,28,29)/t17-,18+,19-,38?/m0/s1. The van der Waals surface area contributed by atoms with Crippen molar-refractivity contribution in [3.63, 3.8) is 0 Å². The van der Waals surface area contributed by atoms with Crippen LogP contribution in [0, 0.1) is 12.8 Å². The largest absolute Gasteiger partial charge is 0.479 e. The number of hydrogen-bond donors (Lipinski definition) is 2. The number of aryl methyl sites for hydroxylation is 1. The number of nitrogens with one attached hydrogen (secondary N) is 1. The second-order valence-electron chi connectivity index (χ2n) is 9.40. The number of ether oxygens (including phenoxy) is 2. The fourth-order valence-corrected chi connectivity index (χ4v) is 5.63. The normalized spacial score (nSPS) is 19.4. The predicted molar refractivity (Wildman–Crippen MR) is 142 cm³/mol. The zero-order chi connectivity index (χ0) is 27.4. The molecule has 204 valence electrons. The Hall–Kier alpha value is -3.47. The van der Waals surface area contributed by atoms with Crippen LogP contribution < -0.4 is 20.1 Å². The van der Waals surface area contributed by atoms with Crippen molar-refractivity contribution >= 4 is 30.8 Å². The van der Waals surface area contributed by atoms with Gasteiger partial charge in [-0.2, -0.15) is 15.1 Å². The Kier molecular flexibility index (Phi) is 8.35. The molecule has 1 unspecified atom stereocenters. The number of methoxy groups -OCH3 is 1. The van der Waals surface area contributed by atoms with Crippen LogP contribution in [-0.2, 0) is 18.6 Å². The minimum atomic E-state index is -3.96. The molecule has 0 radical (unpaired) electrons. The molecule has 0 bridgehead atoms. The topological polar surface area (TPSA) is 153 Å². The first-order valence-corrected chi connectivity index (χ1v) is 13.8. The second-order valence-corrected chi connectivity index (χ2v) is 11.1. The van der Waals surface area contributed by atoms with Gasteiger partial charge in [0.2, 0.25) is 11.8 Å². The summed E-state index contributed by atoms with van der Waals surface area (Å²) in [6.07, 6.45) is 5.96. The summed E-state index contributed by atoms with van der Waals surface area (Å²) in [5.74, 6) is 0.108. The van der Waals surface area contributed by atoms with Gasteiger partial charge in [0.1, 0.15) is 11.8 Å². The van der Waals surface area contributed by atoms with Gasteiger partial charge in [-0.3, -0.25) is 9.32 Å². The summed E-state index contributed by atoms with van der Waals surface area (Å²) in [5, 5.41) is 2.72. The van der Waals surface area contributed by atoms with Crippen molar-refractivity contribution in [1.82, 2.24) is 24.6 Å². The van der Waals surface area contributed by atoms with Gasteiger partial charge in [-0.15, -0.1) is 0 Å². The molecule has 4 atom stereocenters. The van der Waals surface area contributed by atoms with Crippen LogP contribution in [0.5, 0.6) is 11.6 Å². The average molecular weight is 545 g/mol. The molecule has 13 heteroatoms. The highest BCUT2D eigenvalue weighted by molar-refractivity contribution is 7.52. The fraction of sp³-hybridized carbons (Fsp3) is 0.440. The van der Waals surface area contributed by atoms with E-state index in [1.54, 1.807) is 45.3 Å². The lowest BCUT2D eigenvalue weighted by Gasteiger charge is -2.24. The van der Waals surface area contributed by atoms with E-state index in [-0.39, 0.29) is 30.6 Å². The van der Waals surface area contributed by atoms with Gasteiger partial charge in [0, 0.05) is 5.92 Å². The SMILES string of the molecule is COc1nc(N)nc2c1ncn2[C@H]1C=C[C@@H](COP(=O)(N[C@@H](C)C(=O)OC(C)C)Oc2cccc(C)c2)C1. The molecule has 38 heavy (non-hydrogen) atoms. The molecule has 1 aromatic carbocycles. The van der Waals surface area contributed by atoms with Gasteiger partial charge in [0.25, 0.3) is 0 Å². The molecule has 4 rings (SSSR count). The zero-order valence-electron chi connectivity index (χ0n) is 22.0. The van der Waals surface area contributed by atoms with E-state index in [0.717, 1.165) is 5.56 Å². The van der Waals surface area contributed by atoms with E-state index in [2.05, 4.69) is 20.0 Å². The van der Waals surface area contributed by atoms with Gasteiger partial charge in [0.15, 0.2) is 11.2 Å². The molecule has 0 saturated heterocycles. The monoisotopic (exact) mass is 544 g/mol. The summed E-state index contributed by atoms with van der Waals surface area (Å²) in [6, 6.07) is 6.10. The Morgan fingerprint density at radius 3 is 2.76 bits per heavy atom. The first-order chi connectivity index (χ1) is 18.1. The van der Waals surface area contributed by atoms with Crippen molar-refractivity contribution in [1.29, 1.82) is 0 Å². The highest BCUT2D eigenvalue weighted by Crippen LogP contribution is 2.46. The maximum absolute atomic E-state index is 13.8. The molecule has 0 spiro atoms. The van der Waals surface area contributed by atoms with E-state index >= 15 is 0 Å². The number of benzene rings is 1. The molecule has 3 aromatic rings. The molecule has 2 heterocycles. The number of esters is 1. The van der Waals surface area contributed by atoms with Crippen LogP contribution in [0.25, 0.3) is 11.2 Å². The number of nitrogens with two attached hydrogens (primary N) is 1. The molecule has 0 aliphatic heterocycles. The number of allylic oxidation sites excluding steroid dienone is 1. The van der Waals surface area contributed by atoms with Crippen LogP contribution in [-0.4, -0.2) is 51.4 Å². The van der Waals surface area contributed by atoms with Crippen LogP contribution in [0.2, 0.25) is 0 Å². The predicted octanol–water partition coefficient (Wildman–Crippen LogP) is 3.98. The van der Waals surface area contributed by atoms with E-state index in [1.165, 1.54) is 7.11 Å². The van der Waals surface area contributed by atoms with Gasteiger partial charge in [0.05, 0.1) is 32.2 Å². The van der Waals surface area contributed by atoms with E-state index in [1.807, 2.05) is 29.7 Å². The molecule has 1 aliphatic carbocycles. The van der Waals surface area contributed by atoms with Gasteiger partial charge in [-0.25, -0.2) is 9.55 Å². The molecule has 3 N–H and O–H groups in total.